The van der Waals surface area contributed by atoms with Crippen LogP contribution in [0.5, 0.6) is 0 Å². The third-order valence-electron chi connectivity index (χ3n) is 3.57. The number of nitrogens with zero attached hydrogens (tertiary/aromatic N) is 1. The van der Waals surface area contributed by atoms with Crippen LogP contribution in [0.3, 0.4) is 0 Å². The van der Waals surface area contributed by atoms with E-state index in [4.69, 9.17) is 5.26 Å². The zero-order valence-corrected chi connectivity index (χ0v) is 9.47. The van der Waals surface area contributed by atoms with Crippen molar-refractivity contribution in [3.63, 3.8) is 0 Å². The third kappa shape index (κ3) is 4.13. The molecule has 80 valence electrons. The molecule has 0 amide bonds. The minimum Gasteiger partial charge on any atom is -0.198 e. The fourth-order valence-electron chi connectivity index (χ4n) is 2.49. The van der Waals surface area contributed by atoms with Crippen LogP contribution in [0, 0.1) is 23.2 Å². The quantitative estimate of drug-likeness (QED) is 0.639. The number of hydrogen-bond donors (Lipinski definition) is 0. The van der Waals surface area contributed by atoms with E-state index in [-0.39, 0.29) is 0 Å². The van der Waals surface area contributed by atoms with Gasteiger partial charge in [-0.1, -0.05) is 51.9 Å². The molecule has 1 fully saturated rings. The predicted octanol–water partition coefficient (Wildman–Crippen LogP) is 4.29. The predicted molar refractivity (Wildman–Crippen MR) is 59.8 cm³/mol. The molecular weight excluding hydrogens is 170 g/mol. The largest absolute Gasteiger partial charge is 0.198 e. The smallest absolute Gasteiger partial charge is 0.0655 e. The number of rotatable bonds is 5. The molecule has 0 radical (unpaired) electrons. The Balaban J connectivity index is 2.05. The van der Waals surface area contributed by atoms with Crippen molar-refractivity contribution in [3.05, 3.63) is 0 Å². The molecule has 1 nitrogen and oxygen atoms in total. The van der Waals surface area contributed by atoms with Crippen LogP contribution in [-0.4, -0.2) is 0 Å². The lowest BCUT2D eigenvalue weighted by atomic mass is 9.85. The molecule has 1 aliphatic carbocycles. The molecule has 1 rings (SSSR count). The van der Waals surface area contributed by atoms with E-state index in [2.05, 4.69) is 13.0 Å². The van der Waals surface area contributed by atoms with Crippen molar-refractivity contribution in [2.24, 2.45) is 11.8 Å². The summed E-state index contributed by atoms with van der Waals surface area (Å²) in [5, 5.41) is 8.81. The van der Waals surface area contributed by atoms with Gasteiger partial charge in [-0.25, -0.2) is 0 Å². The van der Waals surface area contributed by atoms with Crippen molar-refractivity contribution in [1.29, 1.82) is 5.26 Å². The highest BCUT2D eigenvalue weighted by Crippen LogP contribution is 2.28. The maximum absolute atomic E-state index is 8.81. The average Bonchev–Trinajstić information content (AvgIpc) is 2.26. The second-order valence-electron chi connectivity index (χ2n) is 4.67. The third-order valence-corrected chi connectivity index (χ3v) is 3.57. The van der Waals surface area contributed by atoms with E-state index in [1.54, 1.807) is 0 Å². The summed E-state index contributed by atoms with van der Waals surface area (Å²) in [7, 11) is 0. The highest BCUT2D eigenvalue weighted by atomic mass is 14.3. The SMILES string of the molecule is CCC(C#N)CCCC1CCCCC1. The molecular formula is C13H23N. The summed E-state index contributed by atoms with van der Waals surface area (Å²) in [4.78, 5) is 0. The van der Waals surface area contributed by atoms with Gasteiger partial charge in [0.15, 0.2) is 0 Å². The second kappa shape index (κ2) is 6.87. The van der Waals surface area contributed by atoms with E-state index >= 15 is 0 Å². The van der Waals surface area contributed by atoms with Gasteiger partial charge in [-0.15, -0.1) is 0 Å². The maximum Gasteiger partial charge on any atom is 0.0655 e. The van der Waals surface area contributed by atoms with Crippen LogP contribution in [-0.2, 0) is 0 Å². The molecule has 0 heterocycles. The highest BCUT2D eigenvalue weighted by molar-refractivity contribution is 4.81. The van der Waals surface area contributed by atoms with E-state index in [0.717, 1.165) is 18.8 Å². The zero-order chi connectivity index (χ0) is 10.2. The van der Waals surface area contributed by atoms with Crippen molar-refractivity contribution in [1.82, 2.24) is 0 Å². The Morgan fingerprint density at radius 3 is 2.57 bits per heavy atom. The monoisotopic (exact) mass is 193 g/mol. The van der Waals surface area contributed by atoms with Gasteiger partial charge < -0.3 is 0 Å². The van der Waals surface area contributed by atoms with E-state index in [9.17, 15) is 0 Å². The topological polar surface area (TPSA) is 23.8 Å². The first-order chi connectivity index (χ1) is 6.86. The van der Waals surface area contributed by atoms with E-state index in [1.165, 1.54) is 44.9 Å². The van der Waals surface area contributed by atoms with Gasteiger partial charge in [0, 0.05) is 5.92 Å². The van der Waals surface area contributed by atoms with Gasteiger partial charge in [0.1, 0.15) is 0 Å². The molecule has 1 unspecified atom stereocenters. The summed E-state index contributed by atoms with van der Waals surface area (Å²) in [6.07, 6.45) is 12.0. The van der Waals surface area contributed by atoms with Gasteiger partial charge in [0.2, 0.25) is 0 Å². The van der Waals surface area contributed by atoms with Crippen molar-refractivity contribution in [2.45, 2.75) is 64.7 Å². The molecule has 0 aromatic heterocycles. The summed E-state index contributed by atoms with van der Waals surface area (Å²) in [5.41, 5.74) is 0. The van der Waals surface area contributed by atoms with Crippen molar-refractivity contribution in [3.8, 4) is 6.07 Å². The Hall–Kier alpha value is -0.510. The van der Waals surface area contributed by atoms with Crippen LogP contribution in [0.25, 0.3) is 0 Å². The van der Waals surface area contributed by atoms with E-state index in [1.807, 2.05) is 0 Å². The Morgan fingerprint density at radius 2 is 2.00 bits per heavy atom. The minimum atomic E-state index is 0.318. The van der Waals surface area contributed by atoms with Crippen LogP contribution < -0.4 is 0 Å². The molecule has 1 saturated carbocycles. The fraction of sp³-hybridized carbons (Fsp3) is 0.923. The van der Waals surface area contributed by atoms with Gasteiger partial charge in [0.25, 0.3) is 0 Å². The van der Waals surface area contributed by atoms with E-state index in [0.29, 0.717) is 5.92 Å². The van der Waals surface area contributed by atoms with E-state index < -0.39 is 0 Å². The zero-order valence-electron chi connectivity index (χ0n) is 9.47. The van der Waals surface area contributed by atoms with Gasteiger partial charge in [-0.2, -0.15) is 5.26 Å². The fourth-order valence-corrected chi connectivity index (χ4v) is 2.49. The Morgan fingerprint density at radius 1 is 1.29 bits per heavy atom. The summed E-state index contributed by atoms with van der Waals surface area (Å²) in [6, 6.07) is 2.39. The van der Waals surface area contributed by atoms with Crippen LogP contribution in [0.1, 0.15) is 64.7 Å². The molecule has 1 heteroatoms. The average molecular weight is 193 g/mol. The first-order valence-electron chi connectivity index (χ1n) is 6.26. The Bertz CT molecular complexity index is 174. The first-order valence-corrected chi connectivity index (χ1v) is 6.26. The summed E-state index contributed by atoms with van der Waals surface area (Å²) in [5.74, 6) is 1.30. The normalized spacial score (nSPS) is 20.3. The minimum absolute atomic E-state index is 0.318. The molecule has 0 aliphatic heterocycles. The number of nitriles is 1. The lowest BCUT2D eigenvalue weighted by Crippen LogP contribution is -2.06. The van der Waals surface area contributed by atoms with Crippen LogP contribution >= 0.6 is 0 Å². The van der Waals surface area contributed by atoms with Crippen LogP contribution in [0.15, 0.2) is 0 Å². The van der Waals surface area contributed by atoms with Gasteiger partial charge in [-0.05, 0) is 18.8 Å². The molecule has 0 aromatic rings. The number of hydrogen-bond acceptors (Lipinski definition) is 1. The second-order valence-corrected chi connectivity index (χ2v) is 4.67. The lowest BCUT2D eigenvalue weighted by Gasteiger charge is -2.21. The summed E-state index contributed by atoms with van der Waals surface area (Å²) < 4.78 is 0. The van der Waals surface area contributed by atoms with Crippen molar-refractivity contribution in [2.75, 3.05) is 0 Å². The van der Waals surface area contributed by atoms with Gasteiger partial charge >= 0.3 is 0 Å². The first kappa shape index (κ1) is 11.6. The standard InChI is InChI=1S/C13H23N/c1-2-12(11-14)9-6-10-13-7-4-3-5-8-13/h12-13H,2-10H2,1H3. The molecule has 0 bridgehead atoms. The molecule has 0 spiro atoms. The molecule has 0 aromatic carbocycles. The molecule has 0 N–H and O–H groups in total. The highest BCUT2D eigenvalue weighted by Gasteiger charge is 2.13. The summed E-state index contributed by atoms with van der Waals surface area (Å²) >= 11 is 0. The summed E-state index contributed by atoms with van der Waals surface area (Å²) in [6.45, 7) is 2.12. The molecule has 14 heavy (non-hydrogen) atoms. The maximum atomic E-state index is 8.81. The van der Waals surface area contributed by atoms with Crippen molar-refractivity contribution >= 4 is 0 Å². The van der Waals surface area contributed by atoms with Crippen LogP contribution in [0.4, 0.5) is 0 Å². The molecule has 1 aliphatic rings. The van der Waals surface area contributed by atoms with Crippen molar-refractivity contribution < 1.29 is 0 Å². The van der Waals surface area contributed by atoms with Gasteiger partial charge in [-0.3, -0.25) is 0 Å². The van der Waals surface area contributed by atoms with Crippen LogP contribution in [0.2, 0.25) is 0 Å². The Kier molecular flexibility index (Phi) is 5.68. The van der Waals surface area contributed by atoms with Gasteiger partial charge in [0.05, 0.1) is 6.07 Å². The molecule has 0 saturated heterocycles. The molecule has 1 atom stereocenters. The lowest BCUT2D eigenvalue weighted by molar-refractivity contribution is 0.324. The Labute approximate surface area is 88.5 Å².